The molecule has 0 aliphatic rings. The van der Waals surface area contributed by atoms with Crippen LogP contribution in [0.4, 0.5) is 0 Å². The fourth-order valence-electron chi connectivity index (χ4n) is 1.98. The summed E-state index contributed by atoms with van der Waals surface area (Å²) in [6.07, 6.45) is 0. The van der Waals surface area contributed by atoms with Crippen LogP contribution in [0, 0.1) is 20.8 Å². The van der Waals surface area contributed by atoms with Gasteiger partial charge in [-0.15, -0.1) is 0 Å². The Morgan fingerprint density at radius 1 is 1.05 bits per heavy atom. The molecule has 0 unspecified atom stereocenters. The zero-order valence-corrected chi connectivity index (χ0v) is 12.8. The normalized spacial score (nSPS) is 10.2. The molecule has 2 aromatic rings. The molecule has 1 N–H and O–H groups in total. The van der Waals surface area contributed by atoms with Crippen molar-refractivity contribution in [2.75, 3.05) is 6.61 Å². The molecular formula is C18H21NO2. The molecule has 2 aromatic carbocycles. The van der Waals surface area contributed by atoms with E-state index in [0.717, 1.165) is 22.4 Å². The van der Waals surface area contributed by atoms with Gasteiger partial charge in [-0.1, -0.05) is 42.0 Å². The van der Waals surface area contributed by atoms with Gasteiger partial charge >= 0.3 is 0 Å². The molecule has 3 nitrogen and oxygen atoms in total. The van der Waals surface area contributed by atoms with E-state index in [1.807, 2.05) is 63.2 Å². The topological polar surface area (TPSA) is 38.3 Å². The van der Waals surface area contributed by atoms with Crippen molar-refractivity contribution >= 4 is 5.91 Å². The molecule has 0 radical (unpaired) electrons. The molecule has 0 fully saturated rings. The van der Waals surface area contributed by atoms with Gasteiger partial charge in [-0.2, -0.15) is 0 Å². The van der Waals surface area contributed by atoms with Gasteiger partial charge in [0.05, 0.1) is 0 Å². The first-order valence-electron chi connectivity index (χ1n) is 7.07. The Morgan fingerprint density at radius 2 is 1.76 bits per heavy atom. The summed E-state index contributed by atoms with van der Waals surface area (Å²) in [5.41, 5.74) is 4.53. The van der Waals surface area contributed by atoms with Crippen molar-refractivity contribution < 1.29 is 9.53 Å². The molecule has 0 spiro atoms. The predicted molar refractivity (Wildman–Crippen MR) is 84.4 cm³/mol. The number of rotatable bonds is 5. The van der Waals surface area contributed by atoms with Crippen molar-refractivity contribution in [3.63, 3.8) is 0 Å². The first-order chi connectivity index (χ1) is 10.1. The lowest BCUT2D eigenvalue weighted by Crippen LogP contribution is -2.28. The molecule has 0 saturated carbocycles. The minimum atomic E-state index is -0.114. The molecule has 0 saturated heterocycles. The summed E-state index contributed by atoms with van der Waals surface area (Å²) < 4.78 is 5.57. The monoisotopic (exact) mass is 283 g/mol. The summed E-state index contributed by atoms with van der Waals surface area (Å²) in [4.78, 5) is 11.8. The minimum Gasteiger partial charge on any atom is -0.483 e. The second-order valence-corrected chi connectivity index (χ2v) is 5.25. The van der Waals surface area contributed by atoms with Gasteiger partial charge in [-0.25, -0.2) is 0 Å². The quantitative estimate of drug-likeness (QED) is 0.914. The summed E-state index contributed by atoms with van der Waals surface area (Å²) >= 11 is 0. The Hall–Kier alpha value is -2.29. The molecule has 0 atom stereocenters. The first kappa shape index (κ1) is 15.1. The molecule has 0 heterocycles. The van der Waals surface area contributed by atoms with Gasteiger partial charge < -0.3 is 10.1 Å². The SMILES string of the molecule is Cc1ccc(CNC(=O)COc2cccc(C)c2C)cc1. The molecule has 0 aliphatic heterocycles. The maximum absolute atomic E-state index is 11.8. The van der Waals surface area contributed by atoms with E-state index in [4.69, 9.17) is 4.74 Å². The van der Waals surface area contributed by atoms with Crippen LogP contribution >= 0.6 is 0 Å². The van der Waals surface area contributed by atoms with Gasteiger partial charge in [-0.3, -0.25) is 4.79 Å². The van der Waals surface area contributed by atoms with Crippen molar-refractivity contribution in [2.24, 2.45) is 0 Å². The third-order valence-electron chi connectivity index (χ3n) is 3.52. The first-order valence-corrected chi connectivity index (χ1v) is 7.07. The molecular weight excluding hydrogens is 262 g/mol. The number of ether oxygens (including phenoxy) is 1. The maximum Gasteiger partial charge on any atom is 0.258 e. The number of aryl methyl sites for hydroxylation is 2. The van der Waals surface area contributed by atoms with Crippen LogP contribution < -0.4 is 10.1 Å². The minimum absolute atomic E-state index is 0.0379. The maximum atomic E-state index is 11.8. The smallest absolute Gasteiger partial charge is 0.258 e. The van der Waals surface area contributed by atoms with Gasteiger partial charge in [0.2, 0.25) is 0 Å². The molecule has 0 aromatic heterocycles. The van der Waals surface area contributed by atoms with E-state index in [2.05, 4.69) is 5.32 Å². The number of nitrogens with one attached hydrogen (secondary N) is 1. The average Bonchev–Trinajstić information content (AvgIpc) is 2.48. The van der Waals surface area contributed by atoms with Gasteiger partial charge in [-0.05, 0) is 43.5 Å². The van der Waals surface area contributed by atoms with E-state index in [0.29, 0.717) is 6.54 Å². The third-order valence-corrected chi connectivity index (χ3v) is 3.52. The van der Waals surface area contributed by atoms with Crippen LogP contribution in [-0.4, -0.2) is 12.5 Å². The van der Waals surface area contributed by atoms with Crippen LogP contribution in [0.25, 0.3) is 0 Å². The summed E-state index contributed by atoms with van der Waals surface area (Å²) in [6, 6.07) is 13.9. The molecule has 1 amide bonds. The van der Waals surface area contributed by atoms with Crippen molar-refractivity contribution in [1.82, 2.24) is 5.32 Å². The zero-order valence-electron chi connectivity index (χ0n) is 12.8. The highest BCUT2D eigenvalue weighted by atomic mass is 16.5. The fraction of sp³-hybridized carbons (Fsp3) is 0.278. The third kappa shape index (κ3) is 4.35. The Balaban J connectivity index is 1.82. The van der Waals surface area contributed by atoms with E-state index in [1.54, 1.807) is 0 Å². The molecule has 0 aliphatic carbocycles. The fourth-order valence-corrected chi connectivity index (χ4v) is 1.98. The van der Waals surface area contributed by atoms with E-state index in [9.17, 15) is 4.79 Å². The number of hydrogen-bond acceptors (Lipinski definition) is 2. The van der Waals surface area contributed by atoms with Crippen molar-refractivity contribution in [3.8, 4) is 5.75 Å². The number of benzene rings is 2. The highest BCUT2D eigenvalue weighted by Gasteiger charge is 2.06. The highest BCUT2D eigenvalue weighted by Crippen LogP contribution is 2.20. The summed E-state index contributed by atoms with van der Waals surface area (Å²) in [5, 5.41) is 2.86. The largest absolute Gasteiger partial charge is 0.483 e. The lowest BCUT2D eigenvalue weighted by molar-refractivity contribution is -0.123. The Kier molecular flexibility index (Phi) is 4.99. The van der Waals surface area contributed by atoms with Gasteiger partial charge in [0.15, 0.2) is 6.61 Å². The number of carbonyl (C=O) groups excluding carboxylic acids is 1. The molecule has 3 heteroatoms. The van der Waals surface area contributed by atoms with E-state index >= 15 is 0 Å². The number of hydrogen-bond donors (Lipinski definition) is 1. The second-order valence-electron chi connectivity index (χ2n) is 5.25. The van der Waals surface area contributed by atoms with Crippen LogP contribution in [0.3, 0.4) is 0 Å². The lowest BCUT2D eigenvalue weighted by atomic mass is 10.1. The Bertz CT molecular complexity index is 618. The molecule has 21 heavy (non-hydrogen) atoms. The summed E-state index contributed by atoms with van der Waals surface area (Å²) in [6.45, 7) is 6.63. The van der Waals surface area contributed by atoms with E-state index in [1.165, 1.54) is 5.56 Å². The number of carbonyl (C=O) groups is 1. The van der Waals surface area contributed by atoms with Crippen molar-refractivity contribution in [2.45, 2.75) is 27.3 Å². The van der Waals surface area contributed by atoms with Crippen LogP contribution in [0.15, 0.2) is 42.5 Å². The van der Waals surface area contributed by atoms with Crippen molar-refractivity contribution in [1.29, 1.82) is 0 Å². The Labute approximate surface area is 126 Å². The zero-order chi connectivity index (χ0) is 15.2. The van der Waals surface area contributed by atoms with Gasteiger partial charge in [0.25, 0.3) is 5.91 Å². The number of amides is 1. The van der Waals surface area contributed by atoms with Gasteiger partial charge in [0.1, 0.15) is 5.75 Å². The van der Waals surface area contributed by atoms with Crippen LogP contribution in [0.2, 0.25) is 0 Å². The summed E-state index contributed by atoms with van der Waals surface area (Å²) in [7, 11) is 0. The van der Waals surface area contributed by atoms with Crippen LogP contribution in [-0.2, 0) is 11.3 Å². The highest BCUT2D eigenvalue weighted by molar-refractivity contribution is 5.77. The summed E-state index contributed by atoms with van der Waals surface area (Å²) in [5.74, 6) is 0.650. The predicted octanol–water partition coefficient (Wildman–Crippen LogP) is 3.31. The molecule has 2 rings (SSSR count). The Morgan fingerprint density at radius 3 is 2.48 bits per heavy atom. The molecule has 0 bridgehead atoms. The van der Waals surface area contributed by atoms with E-state index in [-0.39, 0.29) is 12.5 Å². The van der Waals surface area contributed by atoms with Crippen molar-refractivity contribution in [3.05, 3.63) is 64.7 Å². The van der Waals surface area contributed by atoms with Crippen LogP contribution in [0.1, 0.15) is 22.3 Å². The lowest BCUT2D eigenvalue weighted by Gasteiger charge is -2.11. The average molecular weight is 283 g/mol. The second kappa shape index (κ2) is 6.93. The van der Waals surface area contributed by atoms with Gasteiger partial charge in [0, 0.05) is 6.54 Å². The standard InChI is InChI=1S/C18H21NO2/c1-13-7-9-16(10-8-13)11-19-18(20)12-21-17-6-4-5-14(2)15(17)3/h4-10H,11-12H2,1-3H3,(H,19,20). The molecule has 110 valence electrons. The van der Waals surface area contributed by atoms with Crippen LogP contribution in [0.5, 0.6) is 5.75 Å². The van der Waals surface area contributed by atoms with E-state index < -0.39 is 0 Å².